The van der Waals surface area contributed by atoms with Gasteiger partial charge < -0.3 is 5.32 Å². The van der Waals surface area contributed by atoms with Gasteiger partial charge in [0.25, 0.3) is 0 Å². The molecule has 2 aromatic rings. The summed E-state index contributed by atoms with van der Waals surface area (Å²) in [5, 5.41) is 3.45. The van der Waals surface area contributed by atoms with Crippen LogP contribution in [-0.2, 0) is 6.42 Å². The zero-order valence-corrected chi connectivity index (χ0v) is 13.6. The molecule has 20 heavy (non-hydrogen) atoms. The average molecular weight is 285 g/mol. The van der Waals surface area contributed by atoms with Crippen LogP contribution in [0.2, 0.25) is 0 Å². The summed E-state index contributed by atoms with van der Waals surface area (Å²) in [6.07, 6.45) is 3.15. The maximum absolute atomic E-state index is 3.45. The molecule has 2 rings (SSSR count). The number of likely N-dealkylation sites (N-methyl/N-ethyl adjacent to an activating group) is 1. The van der Waals surface area contributed by atoms with Crippen molar-refractivity contribution in [2.75, 3.05) is 13.3 Å². The Hall–Kier alpha value is -1.25. The lowest BCUT2D eigenvalue weighted by Gasteiger charge is -2.20. The van der Waals surface area contributed by atoms with Crippen LogP contribution in [0.5, 0.6) is 0 Å². The van der Waals surface area contributed by atoms with E-state index in [0.29, 0.717) is 6.04 Å². The molecule has 1 N–H and O–H groups in total. The van der Waals surface area contributed by atoms with Crippen LogP contribution in [-0.4, -0.2) is 13.3 Å². The van der Waals surface area contributed by atoms with Gasteiger partial charge in [-0.05, 0) is 68.0 Å². The second kappa shape index (κ2) is 6.96. The molecule has 0 amide bonds. The molecular weight excluding hydrogens is 262 g/mol. The average Bonchev–Trinajstić information content (AvgIpc) is 2.47. The second-order valence-corrected chi connectivity index (χ2v) is 6.07. The summed E-state index contributed by atoms with van der Waals surface area (Å²) in [5.74, 6) is 0. The molecule has 2 heteroatoms. The number of hydrogen-bond donors (Lipinski definition) is 1. The molecule has 1 nitrogen and oxygen atoms in total. The summed E-state index contributed by atoms with van der Waals surface area (Å²) in [6.45, 7) is 4.40. The molecule has 0 aromatic heterocycles. The van der Waals surface area contributed by atoms with Crippen molar-refractivity contribution in [1.82, 2.24) is 5.32 Å². The molecule has 0 bridgehead atoms. The molecule has 0 aliphatic heterocycles. The van der Waals surface area contributed by atoms with Crippen LogP contribution in [0.3, 0.4) is 0 Å². The number of thioether (sulfide) groups is 1. The van der Waals surface area contributed by atoms with Gasteiger partial charge in [-0.2, -0.15) is 0 Å². The van der Waals surface area contributed by atoms with Gasteiger partial charge in [-0.3, -0.25) is 0 Å². The van der Waals surface area contributed by atoms with E-state index in [1.54, 1.807) is 11.8 Å². The molecule has 0 heterocycles. The van der Waals surface area contributed by atoms with E-state index in [2.05, 4.69) is 67.9 Å². The summed E-state index contributed by atoms with van der Waals surface area (Å²) >= 11 is 1.79. The fourth-order valence-electron chi connectivity index (χ4n) is 2.60. The summed E-state index contributed by atoms with van der Waals surface area (Å²) < 4.78 is 0. The highest BCUT2D eigenvalue weighted by molar-refractivity contribution is 7.98. The van der Waals surface area contributed by atoms with E-state index in [0.717, 1.165) is 6.42 Å². The van der Waals surface area contributed by atoms with E-state index in [-0.39, 0.29) is 0 Å². The maximum atomic E-state index is 3.45. The molecular formula is C18H23NS. The maximum Gasteiger partial charge on any atom is 0.0358 e. The van der Waals surface area contributed by atoms with Crippen LogP contribution in [0, 0.1) is 13.8 Å². The van der Waals surface area contributed by atoms with Crippen LogP contribution in [0.15, 0.2) is 47.4 Å². The third-order valence-corrected chi connectivity index (χ3v) is 4.66. The summed E-state index contributed by atoms with van der Waals surface area (Å²) in [6, 6.07) is 15.8. The first-order valence-electron chi connectivity index (χ1n) is 7.02. The van der Waals surface area contributed by atoms with Crippen LogP contribution < -0.4 is 5.32 Å². The lowest BCUT2D eigenvalue weighted by molar-refractivity contribution is 0.589. The number of rotatable bonds is 5. The highest BCUT2D eigenvalue weighted by atomic mass is 32.2. The van der Waals surface area contributed by atoms with Crippen molar-refractivity contribution in [3.63, 3.8) is 0 Å². The van der Waals surface area contributed by atoms with E-state index >= 15 is 0 Å². The molecule has 1 atom stereocenters. The normalized spacial score (nSPS) is 12.4. The van der Waals surface area contributed by atoms with Crippen molar-refractivity contribution in [3.8, 4) is 0 Å². The minimum absolute atomic E-state index is 0.366. The number of benzene rings is 2. The van der Waals surface area contributed by atoms with Gasteiger partial charge in [0.15, 0.2) is 0 Å². The first kappa shape index (κ1) is 15.1. The van der Waals surface area contributed by atoms with Crippen LogP contribution >= 0.6 is 11.8 Å². The lowest BCUT2D eigenvalue weighted by Crippen LogP contribution is -2.19. The Morgan fingerprint density at radius 3 is 2.10 bits per heavy atom. The standard InChI is InChI=1S/C18H23NS/c1-13-6-5-7-14(2)17(13)12-18(19-3)15-8-10-16(20-4)11-9-15/h5-11,18-19H,12H2,1-4H3. The second-order valence-electron chi connectivity index (χ2n) is 5.19. The van der Waals surface area contributed by atoms with E-state index in [1.165, 1.54) is 27.1 Å². The Morgan fingerprint density at radius 1 is 1.00 bits per heavy atom. The van der Waals surface area contributed by atoms with Crippen molar-refractivity contribution in [3.05, 3.63) is 64.7 Å². The summed E-state index contributed by atoms with van der Waals surface area (Å²) in [5.41, 5.74) is 5.57. The van der Waals surface area contributed by atoms with E-state index in [4.69, 9.17) is 0 Å². The predicted octanol–water partition coefficient (Wildman–Crippen LogP) is 4.53. The van der Waals surface area contributed by atoms with Crippen molar-refractivity contribution >= 4 is 11.8 Å². The summed E-state index contributed by atoms with van der Waals surface area (Å²) in [4.78, 5) is 1.32. The third-order valence-electron chi connectivity index (χ3n) is 3.92. The minimum atomic E-state index is 0.366. The fourth-order valence-corrected chi connectivity index (χ4v) is 3.01. The fraction of sp³-hybridized carbons (Fsp3) is 0.333. The SMILES string of the molecule is CNC(Cc1c(C)cccc1C)c1ccc(SC)cc1. The summed E-state index contributed by atoms with van der Waals surface area (Å²) in [7, 11) is 2.04. The van der Waals surface area contributed by atoms with E-state index in [9.17, 15) is 0 Å². The minimum Gasteiger partial charge on any atom is -0.313 e. The Balaban J connectivity index is 2.24. The monoisotopic (exact) mass is 285 g/mol. The molecule has 0 radical (unpaired) electrons. The molecule has 0 aliphatic rings. The molecule has 0 fully saturated rings. The van der Waals surface area contributed by atoms with Crippen LogP contribution in [0.25, 0.3) is 0 Å². The van der Waals surface area contributed by atoms with Gasteiger partial charge in [-0.1, -0.05) is 30.3 Å². The van der Waals surface area contributed by atoms with Crippen molar-refractivity contribution < 1.29 is 0 Å². The quantitative estimate of drug-likeness (QED) is 0.810. The predicted molar refractivity (Wildman–Crippen MR) is 89.6 cm³/mol. The Kier molecular flexibility index (Phi) is 5.27. The van der Waals surface area contributed by atoms with Crippen molar-refractivity contribution in [1.29, 1.82) is 0 Å². The van der Waals surface area contributed by atoms with Gasteiger partial charge in [0.2, 0.25) is 0 Å². The smallest absolute Gasteiger partial charge is 0.0358 e. The number of nitrogens with one attached hydrogen (secondary N) is 1. The van der Waals surface area contributed by atoms with Gasteiger partial charge >= 0.3 is 0 Å². The zero-order chi connectivity index (χ0) is 14.5. The van der Waals surface area contributed by atoms with Gasteiger partial charge in [-0.15, -0.1) is 11.8 Å². The Labute approximate surface area is 126 Å². The van der Waals surface area contributed by atoms with Gasteiger partial charge in [0.1, 0.15) is 0 Å². The molecule has 106 valence electrons. The van der Waals surface area contributed by atoms with Crippen LogP contribution in [0.1, 0.15) is 28.3 Å². The Bertz CT molecular complexity index is 540. The van der Waals surface area contributed by atoms with Crippen molar-refractivity contribution in [2.24, 2.45) is 0 Å². The Morgan fingerprint density at radius 2 is 1.60 bits per heavy atom. The topological polar surface area (TPSA) is 12.0 Å². The molecule has 0 spiro atoms. The van der Waals surface area contributed by atoms with Crippen LogP contribution in [0.4, 0.5) is 0 Å². The number of aryl methyl sites for hydroxylation is 2. The van der Waals surface area contributed by atoms with E-state index in [1.807, 2.05) is 7.05 Å². The molecule has 0 aliphatic carbocycles. The van der Waals surface area contributed by atoms with Gasteiger partial charge in [0, 0.05) is 10.9 Å². The van der Waals surface area contributed by atoms with Gasteiger partial charge in [0.05, 0.1) is 0 Å². The number of hydrogen-bond acceptors (Lipinski definition) is 2. The lowest BCUT2D eigenvalue weighted by atomic mass is 9.93. The third kappa shape index (κ3) is 3.44. The molecule has 1 unspecified atom stereocenters. The first-order valence-corrected chi connectivity index (χ1v) is 8.24. The van der Waals surface area contributed by atoms with E-state index < -0.39 is 0 Å². The highest BCUT2D eigenvalue weighted by Gasteiger charge is 2.13. The molecule has 2 aromatic carbocycles. The molecule has 0 saturated carbocycles. The zero-order valence-electron chi connectivity index (χ0n) is 12.7. The first-order chi connectivity index (χ1) is 9.65. The highest BCUT2D eigenvalue weighted by Crippen LogP contribution is 2.24. The van der Waals surface area contributed by atoms with Gasteiger partial charge in [-0.25, -0.2) is 0 Å². The molecule has 0 saturated heterocycles. The largest absolute Gasteiger partial charge is 0.313 e. The van der Waals surface area contributed by atoms with Crippen molar-refractivity contribution in [2.45, 2.75) is 31.2 Å².